The van der Waals surface area contributed by atoms with Gasteiger partial charge in [0.15, 0.2) is 0 Å². The van der Waals surface area contributed by atoms with E-state index in [0.717, 1.165) is 51.4 Å². The SMILES string of the molecule is CCCCC/C=C\CCCCCCCC(=O)OCCCCCCCCCCC/C=C\CCCCCCCCCC(=O)NC(CO)C(O)/C=C/CCCCCCCCCCC. The summed E-state index contributed by atoms with van der Waals surface area (Å²) in [5, 5.41) is 23.0. The Labute approximate surface area is 373 Å². The summed E-state index contributed by atoms with van der Waals surface area (Å²) in [6, 6.07) is -0.633. The fraction of sp³-hybridized carbons (Fsp3) is 0.852. The van der Waals surface area contributed by atoms with E-state index in [-0.39, 0.29) is 18.5 Å². The van der Waals surface area contributed by atoms with Crippen LogP contribution in [0, 0.1) is 0 Å². The first-order chi connectivity index (χ1) is 29.5. The van der Waals surface area contributed by atoms with Crippen LogP contribution in [0.25, 0.3) is 0 Å². The maximum atomic E-state index is 12.4. The van der Waals surface area contributed by atoms with E-state index in [9.17, 15) is 19.8 Å². The molecule has 0 aliphatic rings. The van der Waals surface area contributed by atoms with Gasteiger partial charge >= 0.3 is 5.97 Å². The lowest BCUT2D eigenvalue weighted by Crippen LogP contribution is -2.45. The highest BCUT2D eigenvalue weighted by Crippen LogP contribution is 2.15. The van der Waals surface area contributed by atoms with Gasteiger partial charge in [-0.3, -0.25) is 9.59 Å². The largest absolute Gasteiger partial charge is 0.466 e. The molecule has 60 heavy (non-hydrogen) atoms. The number of nitrogens with one attached hydrogen (secondary N) is 1. The van der Waals surface area contributed by atoms with Crippen LogP contribution in [-0.2, 0) is 14.3 Å². The number of hydrogen-bond acceptors (Lipinski definition) is 5. The van der Waals surface area contributed by atoms with Crippen molar-refractivity contribution >= 4 is 11.9 Å². The predicted octanol–water partition coefficient (Wildman–Crippen LogP) is 15.7. The molecule has 0 fully saturated rings. The summed E-state index contributed by atoms with van der Waals surface area (Å²) < 4.78 is 5.45. The average Bonchev–Trinajstić information content (AvgIpc) is 3.25. The van der Waals surface area contributed by atoms with Crippen molar-refractivity contribution in [3.63, 3.8) is 0 Å². The standard InChI is InChI=1S/C54H101NO5/c1-3-5-7-9-11-13-15-28-32-36-40-44-48-54(59)60-49-45-41-37-33-29-25-23-21-19-17-16-18-20-22-24-27-31-35-39-43-47-53(58)55-51(50-56)52(57)46-42-38-34-30-26-14-12-10-8-6-4-2/h11,13,16,18,42,46,51-52,56-57H,3-10,12,14-15,17,19-41,43-45,47-50H2,1-2H3,(H,55,58)/b13-11-,18-16-,46-42+. The molecular formula is C54H101NO5. The molecule has 1 amide bonds. The monoisotopic (exact) mass is 844 g/mol. The van der Waals surface area contributed by atoms with Gasteiger partial charge < -0.3 is 20.3 Å². The Balaban J connectivity index is 3.46. The molecule has 2 unspecified atom stereocenters. The minimum absolute atomic E-state index is 0.00536. The highest BCUT2D eigenvalue weighted by atomic mass is 16.5. The van der Waals surface area contributed by atoms with Gasteiger partial charge in [0.1, 0.15) is 0 Å². The third-order valence-electron chi connectivity index (χ3n) is 11.9. The molecular weight excluding hydrogens is 743 g/mol. The van der Waals surface area contributed by atoms with E-state index in [1.807, 2.05) is 6.08 Å². The zero-order valence-electron chi connectivity index (χ0n) is 39.9. The number of unbranched alkanes of at least 4 members (excludes halogenated alkanes) is 33. The molecule has 0 aliphatic heterocycles. The van der Waals surface area contributed by atoms with E-state index in [1.165, 1.54) is 193 Å². The quantitative estimate of drug-likeness (QED) is 0.0322. The van der Waals surface area contributed by atoms with E-state index in [4.69, 9.17) is 4.74 Å². The number of rotatable bonds is 48. The highest BCUT2D eigenvalue weighted by molar-refractivity contribution is 5.76. The van der Waals surface area contributed by atoms with E-state index < -0.39 is 12.1 Å². The Morgan fingerprint density at radius 3 is 1.22 bits per heavy atom. The second-order valence-electron chi connectivity index (χ2n) is 17.8. The third-order valence-corrected chi connectivity index (χ3v) is 11.9. The highest BCUT2D eigenvalue weighted by Gasteiger charge is 2.18. The Morgan fingerprint density at radius 1 is 0.450 bits per heavy atom. The van der Waals surface area contributed by atoms with Crippen LogP contribution < -0.4 is 5.32 Å². The molecule has 3 N–H and O–H groups in total. The van der Waals surface area contributed by atoms with Crippen LogP contribution in [0.3, 0.4) is 0 Å². The van der Waals surface area contributed by atoms with Gasteiger partial charge in [0.25, 0.3) is 0 Å². The zero-order valence-corrected chi connectivity index (χ0v) is 39.9. The van der Waals surface area contributed by atoms with E-state index in [2.05, 4.69) is 43.5 Å². The second kappa shape index (κ2) is 49.7. The first kappa shape index (κ1) is 58.1. The minimum atomic E-state index is -0.848. The molecule has 0 aromatic carbocycles. The zero-order chi connectivity index (χ0) is 43.7. The number of amides is 1. The summed E-state index contributed by atoms with van der Waals surface area (Å²) in [4.78, 5) is 24.4. The van der Waals surface area contributed by atoms with Crippen LogP contribution in [0.2, 0.25) is 0 Å². The van der Waals surface area contributed by atoms with E-state index in [1.54, 1.807) is 6.08 Å². The number of ether oxygens (including phenoxy) is 1. The van der Waals surface area contributed by atoms with Crippen molar-refractivity contribution in [2.24, 2.45) is 0 Å². The number of hydrogen-bond donors (Lipinski definition) is 3. The van der Waals surface area contributed by atoms with Crippen LogP contribution in [-0.4, -0.2) is 47.4 Å². The molecule has 0 saturated heterocycles. The van der Waals surface area contributed by atoms with Gasteiger partial charge in [-0.15, -0.1) is 0 Å². The predicted molar refractivity (Wildman–Crippen MR) is 259 cm³/mol. The molecule has 2 atom stereocenters. The van der Waals surface area contributed by atoms with Crippen LogP contribution in [0.1, 0.15) is 271 Å². The van der Waals surface area contributed by atoms with Crippen LogP contribution in [0.5, 0.6) is 0 Å². The van der Waals surface area contributed by atoms with Gasteiger partial charge in [-0.1, -0.05) is 211 Å². The Bertz CT molecular complexity index is 977. The number of carbonyl (C=O) groups excluding carboxylic acids is 2. The Kier molecular flexibility index (Phi) is 48.1. The lowest BCUT2D eigenvalue weighted by atomic mass is 10.1. The summed E-state index contributed by atoms with van der Waals surface area (Å²) in [5.74, 6) is -0.0842. The number of esters is 1. The first-order valence-electron chi connectivity index (χ1n) is 26.3. The molecule has 0 rings (SSSR count). The summed E-state index contributed by atoms with van der Waals surface area (Å²) in [6.45, 7) is 4.85. The molecule has 0 spiro atoms. The number of carbonyl (C=O) groups is 2. The molecule has 6 nitrogen and oxygen atoms in total. The molecule has 0 aliphatic carbocycles. The maximum Gasteiger partial charge on any atom is 0.305 e. The van der Waals surface area contributed by atoms with E-state index in [0.29, 0.717) is 19.4 Å². The molecule has 0 radical (unpaired) electrons. The van der Waals surface area contributed by atoms with Gasteiger partial charge in [0.05, 0.1) is 25.4 Å². The van der Waals surface area contributed by atoms with Gasteiger partial charge in [0, 0.05) is 12.8 Å². The van der Waals surface area contributed by atoms with Crippen molar-refractivity contribution in [3.05, 3.63) is 36.5 Å². The van der Waals surface area contributed by atoms with Crippen LogP contribution in [0.15, 0.2) is 36.5 Å². The molecule has 352 valence electrons. The smallest absolute Gasteiger partial charge is 0.305 e. The maximum absolute atomic E-state index is 12.4. The minimum Gasteiger partial charge on any atom is -0.466 e. The normalized spacial score (nSPS) is 12.9. The fourth-order valence-electron chi connectivity index (χ4n) is 7.80. The first-order valence-corrected chi connectivity index (χ1v) is 26.3. The molecule has 0 heterocycles. The summed E-state index contributed by atoms with van der Waals surface area (Å²) in [6.07, 6.45) is 60.1. The fourth-order valence-corrected chi connectivity index (χ4v) is 7.80. The van der Waals surface area contributed by atoms with Crippen molar-refractivity contribution < 1.29 is 24.5 Å². The Hall–Kier alpha value is -1.92. The van der Waals surface area contributed by atoms with Gasteiger partial charge in [-0.05, 0) is 83.5 Å². The van der Waals surface area contributed by atoms with Crippen LogP contribution >= 0.6 is 0 Å². The van der Waals surface area contributed by atoms with Crippen molar-refractivity contribution in [2.75, 3.05) is 13.2 Å². The summed E-state index contributed by atoms with van der Waals surface area (Å²) in [7, 11) is 0. The van der Waals surface area contributed by atoms with Crippen molar-refractivity contribution in [1.29, 1.82) is 0 Å². The molecule has 0 saturated carbocycles. The average molecular weight is 844 g/mol. The van der Waals surface area contributed by atoms with Crippen molar-refractivity contribution in [3.8, 4) is 0 Å². The summed E-state index contributed by atoms with van der Waals surface area (Å²) >= 11 is 0. The third kappa shape index (κ3) is 45.6. The molecule has 0 bridgehead atoms. The van der Waals surface area contributed by atoms with E-state index >= 15 is 0 Å². The van der Waals surface area contributed by atoms with Crippen molar-refractivity contribution in [1.82, 2.24) is 5.32 Å². The van der Waals surface area contributed by atoms with Crippen molar-refractivity contribution in [2.45, 2.75) is 283 Å². The molecule has 0 aromatic heterocycles. The molecule has 6 heteroatoms. The lowest BCUT2D eigenvalue weighted by Gasteiger charge is -2.20. The second-order valence-corrected chi connectivity index (χ2v) is 17.8. The molecule has 0 aromatic rings. The number of allylic oxidation sites excluding steroid dienone is 5. The number of aliphatic hydroxyl groups is 2. The topological polar surface area (TPSA) is 95.9 Å². The van der Waals surface area contributed by atoms with Gasteiger partial charge in [-0.2, -0.15) is 0 Å². The Morgan fingerprint density at radius 2 is 0.783 bits per heavy atom. The van der Waals surface area contributed by atoms with Gasteiger partial charge in [0.2, 0.25) is 5.91 Å². The van der Waals surface area contributed by atoms with Gasteiger partial charge in [-0.25, -0.2) is 0 Å². The summed E-state index contributed by atoms with van der Waals surface area (Å²) in [5.41, 5.74) is 0. The number of aliphatic hydroxyl groups excluding tert-OH is 2. The lowest BCUT2D eigenvalue weighted by molar-refractivity contribution is -0.143. The van der Waals surface area contributed by atoms with Crippen LogP contribution in [0.4, 0.5) is 0 Å².